The van der Waals surface area contributed by atoms with E-state index in [0.29, 0.717) is 18.8 Å². The molecular formula is C21H25N3O3. The number of rotatable bonds is 6. The molecule has 0 aromatic heterocycles. The van der Waals surface area contributed by atoms with Gasteiger partial charge in [-0.2, -0.15) is 0 Å². The van der Waals surface area contributed by atoms with E-state index in [1.165, 1.54) is 0 Å². The lowest BCUT2D eigenvalue weighted by Crippen LogP contribution is -2.50. The molecule has 3 rings (SSSR count). The summed E-state index contributed by atoms with van der Waals surface area (Å²) in [6.45, 7) is 5.08. The number of carbonyl (C=O) groups excluding carboxylic acids is 2. The van der Waals surface area contributed by atoms with Crippen molar-refractivity contribution in [3.63, 3.8) is 0 Å². The van der Waals surface area contributed by atoms with Crippen LogP contribution in [0.25, 0.3) is 0 Å². The fraction of sp³-hybridized carbons (Fsp3) is 0.333. The molecule has 0 saturated heterocycles. The molecule has 2 amide bonds. The molecular weight excluding hydrogens is 342 g/mol. The molecule has 142 valence electrons. The molecule has 0 radical (unpaired) electrons. The Morgan fingerprint density at radius 3 is 2.63 bits per heavy atom. The van der Waals surface area contributed by atoms with E-state index in [9.17, 15) is 9.59 Å². The molecule has 2 aromatic carbocycles. The number of para-hydroxylation sites is 2. The zero-order valence-electron chi connectivity index (χ0n) is 15.7. The van der Waals surface area contributed by atoms with Crippen LogP contribution in [0.3, 0.4) is 0 Å². The molecule has 0 unspecified atom stereocenters. The van der Waals surface area contributed by atoms with Crippen LogP contribution in [0.2, 0.25) is 0 Å². The SMILES string of the molecule is CCCNC(=O)[C@@H]1CN(CC(=O)Nc2ccc(C)cc2)c2ccccc2O1. The van der Waals surface area contributed by atoms with Crippen LogP contribution < -0.4 is 20.3 Å². The molecule has 0 saturated carbocycles. The van der Waals surface area contributed by atoms with Gasteiger partial charge in [0, 0.05) is 12.2 Å². The third-order valence-electron chi connectivity index (χ3n) is 4.37. The first kappa shape index (κ1) is 18.8. The highest BCUT2D eigenvalue weighted by atomic mass is 16.5. The van der Waals surface area contributed by atoms with Crippen LogP contribution >= 0.6 is 0 Å². The third-order valence-corrected chi connectivity index (χ3v) is 4.37. The van der Waals surface area contributed by atoms with Crippen molar-refractivity contribution in [1.82, 2.24) is 5.32 Å². The molecule has 0 spiro atoms. The highest BCUT2D eigenvalue weighted by Crippen LogP contribution is 2.33. The van der Waals surface area contributed by atoms with Crippen LogP contribution in [-0.4, -0.2) is 37.6 Å². The van der Waals surface area contributed by atoms with E-state index < -0.39 is 6.10 Å². The number of ether oxygens (including phenoxy) is 1. The zero-order valence-corrected chi connectivity index (χ0v) is 15.7. The topological polar surface area (TPSA) is 70.7 Å². The number of nitrogens with zero attached hydrogens (tertiary/aromatic N) is 1. The number of hydrogen-bond donors (Lipinski definition) is 2. The highest BCUT2D eigenvalue weighted by molar-refractivity contribution is 5.95. The number of aryl methyl sites for hydroxylation is 1. The average molecular weight is 367 g/mol. The van der Waals surface area contributed by atoms with Crippen LogP contribution in [0, 0.1) is 6.92 Å². The molecule has 1 heterocycles. The molecule has 6 heteroatoms. The minimum Gasteiger partial charge on any atom is -0.477 e. The van der Waals surface area contributed by atoms with Gasteiger partial charge in [-0.3, -0.25) is 9.59 Å². The fourth-order valence-electron chi connectivity index (χ4n) is 2.97. The second-order valence-electron chi connectivity index (χ2n) is 6.66. The van der Waals surface area contributed by atoms with Gasteiger partial charge in [-0.25, -0.2) is 0 Å². The molecule has 2 aromatic rings. The monoisotopic (exact) mass is 367 g/mol. The second kappa shape index (κ2) is 8.58. The number of anilines is 2. The number of fused-ring (bicyclic) bond motifs is 1. The van der Waals surface area contributed by atoms with Gasteiger partial charge in [0.05, 0.1) is 18.8 Å². The van der Waals surface area contributed by atoms with Crippen LogP contribution in [0.4, 0.5) is 11.4 Å². The maximum atomic E-state index is 12.5. The van der Waals surface area contributed by atoms with E-state index in [4.69, 9.17) is 4.74 Å². The molecule has 0 fully saturated rings. The maximum absolute atomic E-state index is 12.5. The van der Waals surface area contributed by atoms with Crippen molar-refractivity contribution in [3.8, 4) is 5.75 Å². The molecule has 0 aliphatic carbocycles. The summed E-state index contributed by atoms with van der Waals surface area (Å²) in [6, 6.07) is 15.1. The quantitative estimate of drug-likeness (QED) is 0.824. The average Bonchev–Trinajstić information content (AvgIpc) is 2.67. The van der Waals surface area contributed by atoms with E-state index >= 15 is 0 Å². The van der Waals surface area contributed by atoms with Crippen molar-refractivity contribution in [2.24, 2.45) is 0 Å². The predicted octanol–water partition coefficient (Wildman–Crippen LogP) is 2.73. The number of amides is 2. The first-order chi connectivity index (χ1) is 13.1. The van der Waals surface area contributed by atoms with Gasteiger partial charge in [0.1, 0.15) is 5.75 Å². The smallest absolute Gasteiger partial charge is 0.262 e. The summed E-state index contributed by atoms with van der Waals surface area (Å²) in [5.74, 6) is 0.321. The molecule has 6 nitrogen and oxygen atoms in total. The summed E-state index contributed by atoms with van der Waals surface area (Å²) < 4.78 is 5.85. The van der Waals surface area contributed by atoms with Gasteiger partial charge in [-0.15, -0.1) is 0 Å². The molecule has 2 N–H and O–H groups in total. The standard InChI is InChI=1S/C21H25N3O3/c1-3-12-22-21(26)19-13-24(17-6-4-5-7-18(17)27-19)14-20(25)23-16-10-8-15(2)9-11-16/h4-11,19H,3,12-14H2,1-2H3,(H,22,26)(H,23,25)/t19-/m0/s1. The van der Waals surface area contributed by atoms with Gasteiger partial charge in [0.15, 0.2) is 6.10 Å². The van der Waals surface area contributed by atoms with E-state index in [1.807, 2.05) is 67.3 Å². The Bertz CT molecular complexity index is 805. The lowest BCUT2D eigenvalue weighted by atomic mass is 10.1. The fourth-order valence-corrected chi connectivity index (χ4v) is 2.97. The lowest BCUT2D eigenvalue weighted by Gasteiger charge is -2.35. The van der Waals surface area contributed by atoms with Gasteiger partial charge >= 0.3 is 0 Å². The highest BCUT2D eigenvalue weighted by Gasteiger charge is 2.31. The summed E-state index contributed by atoms with van der Waals surface area (Å²) in [7, 11) is 0. The van der Waals surface area contributed by atoms with E-state index in [-0.39, 0.29) is 18.4 Å². The lowest BCUT2D eigenvalue weighted by molar-refractivity contribution is -0.128. The van der Waals surface area contributed by atoms with Gasteiger partial charge in [-0.05, 0) is 37.6 Å². The van der Waals surface area contributed by atoms with Crippen molar-refractivity contribution < 1.29 is 14.3 Å². The second-order valence-corrected chi connectivity index (χ2v) is 6.66. The third kappa shape index (κ3) is 4.78. The Hall–Kier alpha value is -3.02. The number of nitrogens with one attached hydrogen (secondary N) is 2. The Morgan fingerprint density at radius 1 is 1.15 bits per heavy atom. The largest absolute Gasteiger partial charge is 0.477 e. The van der Waals surface area contributed by atoms with Gasteiger partial charge in [0.2, 0.25) is 5.91 Å². The van der Waals surface area contributed by atoms with Crippen LogP contribution in [-0.2, 0) is 9.59 Å². The Kier molecular flexibility index (Phi) is 5.96. The molecule has 1 atom stereocenters. The van der Waals surface area contributed by atoms with Crippen molar-refractivity contribution >= 4 is 23.2 Å². The summed E-state index contributed by atoms with van der Waals surface area (Å²) in [4.78, 5) is 26.8. The van der Waals surface area contributed by atoms with Gasteiger partial charge in [0.25, 0.3) is 5.91 Å². The first-order valence-electron chi connectivity index (χ1n) is 9.21. The summed E-state index contributed by atoms with van der Waals surface area (Å²) >= 11 is 0. The number of carbonyl (C=O) groups is 2. The van der Waals surface area contributed by atoms with Gasteiger partial charge in [-0.1, -0.05) is 36.8 Å². The zero-order chi connectivity index (χ0) is 19.2. The van der Waals surface area contributed by atoms with Crippen LogP contribution in [0.1, 0.15) is 18.9 Å². The minimum atomic E-state index is -0.640. The predicted molar refractivity (Wildman–Crippen MR) is 106 cm³/mol. The molecule has 1 aliphatic heterocycles. The minimum absolute atomic E-state index is 0.136. The first-order valence-corrected chi connectivity index (χ1v) is 9.21. The maximum Gasteiger partial charge on any atom is 0.262 e. The van der Waals surface area contributed by atoms with Crippen molar-refractivity contribution in [2.45, 2.75) is 26.4 Å². The van der Waals surface area contributed by atoms with E-state index in [2.05, 4.69) is 10.6 Å². The number of hydrogen-bond acceptors (Lipinski definition) is 4. The Morgan fingerprint density at radius 2 is 1.89 bits per heavy atom. The summed E-state index contributed by atoms with van der Waals surface area (Å²) in [5, 5.41) is 5.76. The van der Waals surface area contributed by atoms with Crippen molar-refractivity contribution in [1.29, 1.82) is 0 Å². The summed E-state index contributed by atoms with van der Waals surface area (Å²) in [6.07, 6.45) is 0.219. The number of benzene rings is 2. The molecule has 27 heavy (non-hydrogen) atoms. The van der Waals surface area contributed by atoms with Crippen molar-refractivity contribution in [2.75, 3.05) is 29.9 Å². The molecule has 1 aliphatic rings. The van der Waals surface area contributed by atoms with E-state index in [0.717, 1.165) is 23.4 Å². The Balaban J connectivity index is 1.71. The summed E-state index contributed by atoms with van der Waals surface area (Å²) in [5.41, 5.74) is 2.71. The Labute approximate surface area is 159 Å². The van der Waals surface area contributed by atoms with Gasteiger partial charge < -0.3 is 20.3 Å². The van der Waals surface area contributed by atoms with E-state index in [1.54, 1.807) is 0 Å². The van der Waals surface area contributed by atoms with Crippen molar-refractivity contribution in [3.05, 3.63) is 54.1 Å². The molecule has 0 bridgehead atoms. The van der Waals surface area contributed by atoms with Crippen LogP contribution in [0.15, 0.2) is 48.5 Å². The van der Waals surface area contributed by atoms with Crippen LogP contribution in [0.5, 0.6) is 5.75 Å². The normalized spacial score (nSPS) is 15.5.